The van der Waals surface area contributed by atoms with E-state index in [-0.39, 0.29) is 30.2 Å². The number of fused-ring (bicyclic) bond motifs is 4. The molecule has 1 N–H and O–H groups in total. The first-order valence-corrected chi connectivity index (χ1v) is 11.9. The van der Waals surface area contributed by atoms with Gasteiger partial charge in [0.2, 0.25) is 11.8 Å². The molecule has 0 spiro atoms. The van der Waals surface area contributed by atoms with Crippen molar-refractivity contribution in [3.8, 4) is 0 Å². The number of carbonyl (C=O) groups is 2. The summed E-state index contributed by atoms with van der Waals surface area (Å²) in [7, 11) is 0. The number of nitro benzene ring substituents is 1. The maximum atomic E-state index is 13.6. The zero-order valence-electron chi connectivity index (χ0n) is 19.8. The molecule has 0 saturated carbocycles. The summed E-state index contributed by atoms with van der Waals surface area (Å²) in [5.74, 6) is -0.263. The Balaban J connectivity index is 1.55. The van der Waals surface area contributed by atoms with Crippen molar-refractivity contribution < 1.29 is 19.2 Å². The molecule has 2 atom stereocenters. The Morgan fingerprint density at radius 1 is 1.17 bits per heavy atom. The van der Waals surface area contributed by atoms with E-state index in [1.54, 1.807) is 21.9 Å². The monoisotopic (exact) mass is 476 g/mol. The lowest BCUT2D eigenvalue weighted by molar-refractivity contribution is -0.384. The van der Waals surface area contributed by atoms with Gasteiger partial charge in [-0.2, -0.15) is 0 Å². The van der Waals surface area contributed by atoms with Gasteiger partial charge in [-0.15, -0.1) is 0 Å². The molecule has 0 aliphatic carbocycles. The number of hydrogen-bond acceptors (Lipinski definition) is 5. The normalized spacial score (nSPS) is 19.9. The van der Waals surface area contributed by atoms with Crippen LogP contribution >= 0.6 is 0 Å². The van der Waals surface area contributed by atoms with Gasteiger partial charge >= 0.3 is 0 Å². The van der Waals surface area contributed by atoms with Crippen molar-refractivity contribution in [1.82, 2.24) is 14.8 Å². The molecule has 2 aromatic carbocycles. The van der Waals surface area contributed by atoms with Crippen LogP contribution in [0.4, 0.5) is 5.69 Å². The Bertz CT molecular complexity index is 1300. The van der Waals surface area contributed by atoms with Crippen molar-refractivity contribution in [3.63, 3.8) is 0 Å². The molecular formula is C26H28N4O5. The second-order valence-electron chi connectivity index (χ2n) is 9.37. The van der Waals surface area contributed by atoms with Gasteiger partial charge in [-0.05, 0) is 37.5 Å². The number of piperazine rings is 1. The molecule has 0 unspecified atom stereocenters. The number of H-pyrrole nitrogens is 1. The Labute approximate surface area is 202 Å². The topological polar surface area (TPSA) is 109 Å². The minimum Gasteiger partial charge on any atom is -0.379 e. The van der Waals surface area contributed by atoms with Gasteiger partial charge in [0.05, 0.1) is 23.6 Å². The maximum absolute atomic E-state index is 13.6. The number of nitrogens with one attached hydrogen (secondary N) is 1. The van der Waals surface area contributed by atoms with Crippen molar-refractivity contribution >= 4 is 28.4 Å². The Kier molecular flexibility index (Phi) is 6.02. The van der Waals surface area contributed by atoms with E-state index in [9.17, 15) is 19.7 Å². The van der Waals surface area contributed by atoms with Gasteiger partial charge in [0.15, 0.2) is 0 Å². The van der Waals surface area contributed by atoms with E-state index in [1.807, 2.05) is 38.1 Å². The molecule has 2 aliphatic rings. The number of carbonyl (C=O) groups excluding carboxylic acids is 2. The van der Waals surface area contributed by atoms with Crippen LogP contribution in [0.3, 0.4) is 0 Å². The van der Waals surface area contributed by atoms with Crippen LogP contribution in [0.5, 0.6) is 0 Å². The number of non-ortho nitro benzene ring substituents is 1. The molecule has 1 fully saturated rings. The summed E-state index contributed by atoms with van der Waals surface area (Å²) in [6.07, 6.45) is 1.16. The van der Waals surface area contributed by atoms with Gasteiger partial charge in [0.25, 0.3) is 5.69 Å². The molecule has 0 bridgehead atoms. The molecule has 2 aliphatic heterocycles. The highest BCUT2D eigenvalue weighted by molar-refractivity contribution is 5.97. The Morgan fingerprint density at radius 2 is 1.97 bits per heavy atom. The Hall–Kier alpha value is -3.72. The highest BCUT2D eigenvalue weighted by Crippen LogP contribution is 2.43. The van der Waals surface area contributed by atoms with Gasteiger partial charge in [0.1, 0.15) is 6.04 Å². The summed E-state index contributed by atoms with van der Waals surface area (Å²) in [5.41, 5.74) is 3.25. The molecule has 3 aromatic rings. The molecule has 3 heterocycles. The number of rotatable bonds is 7. The fourth-order valence-electron chi connectivity index (χ4n) is 5.24. The van der Waals surface area contributed by atoms with Crippen LogP contribution in [0.15, 0.2) is 48.5 Å². The quantitative estimate of drug-likeness (QED) is 0.319. The zero-order chi connectivity index (χ0) is 24.7. The summed E-state index contributed by atoms with van der Waals surface area (Å²) in [6.45, 7) is 4.87. The number of nitrogens with zero attached hydrogens (tertiary/aromatic N) is 3. The summed E-state index contributed by atoms with van der Waals surface area (Å²) in [5, 5.41) is 12.5. The number of amides is 2. The molecule has 0 radical (unpaired) electrons. The van der Waals surface area contributed by atoms with Gasteiger partial charge in [-0.25, -0.2) is 0 Å². The molecule has 5 rings (SSSR count). The first-order chi connectivity index (χ1) is 16.8. The van der Waals surface area contributed by atoms with Crippen molar-refractivity contribution in [1.29, 1.82) is 0 Å². The number of benzene rings is 2. The van der Waals surface area contributed by atoms with Crippen molar-refractivity contribution in [2.75, 3.05) is 19.7 Å². The van der Waals surface area contributed by atoms with Crippen LogP contribution < -0.4 is 0 Å². The number of aromatic nitrogens is 1. The summed E-state index contributed by atoms with van der Waals surface area (Å²) < 4.78 is 5.60. The van der Waals surface area contributed by atoms with Crippen LogP contribution in [-0.2, 0) is 20.7 Å². The second kappa shape index (κ2) is 9.14. The van der Waals surface area contributed by atoms with Crippen LogP contribution in [-0.4, -0.2) is 63.4 Å². The number of para-hydroxylation sites is 1. The van der Waals surface area contributed by atoms with E-state index in [4.69, 9.17) is 4.74 Å². The lowest BCUT2D eigenvalue weighted by atomic mass is 9.86. The van der Waals surface area contributed by atoms with Crippen LogP contribution in [0.1, 0.15) is 43.1 Å². The molecule has 1 aromatic heterocycles. The van der Waals surface area contributed by atoms with E-state index in [0.29, 0.717) is 31.6 Å². The predicted molar refractivity (Wildman–Crippen MR) is 130 cm³/mol. The molecule has 9 nitrogen and oxygen atoms in total. The fourth-order valence-corrected chi connectivity index (χ4v) is 5.24. The summed E-state index contributed by atoms with van der Waals surface area (Å²) in [4.78, 5) is 44.9. The zero-order valence-corrected chi connectivity index (χ0v) is 19.8. The van der Waals surface area contributed by atoms with Gasteiger partial charge in [0, 0.05) is 48.3 Å². The Morgan fingerprint density at radius 3 is 2.74 bits per heavy atom. The smallest absolute Gasteiger partial charge is 0.269 e. The average Bonchev–Trinajstić information content (AvgIpc) is 3.21. The van der Waals surface area contributed by atoms with Gasteiger partial charge in [-0.1, -0.05) is 30.3 Å². The van der Waals surface area contributed by atoms with E-state index < -0.39 is 17.0 Å². The molecule has 1 saturated heterocycles. The van der Waals surface area contributed by atoms with Crippen LogP contribution in [0.25, 0.3) is 10.9 Å². The third-order valence-corrected chi connectivity index (χ3v) is 6.76. The fraction of sp³-hybridized carbons (Fsp3) is 0.385. The molecular weight excluding hydrogens is 448 g/mol. The van der Waals surface area contributed by atoms with E-state index in [1.165, 1.54) is 12.1 Å². The largest absolute Gasteiger partial charge is 0.379 e. The van der Waals surface area contributed by atoms with E-state index >= 15 is 0 Å². The highest BCUT2D eigenvalue weighted by atomic mass is 16.6. The molecule has 2 amide bonds. The first-order valence-electron chi connectivity index (χ1n) is 11.9. The minimum absolute atomic E-state index is 0.0159. The second-order valence-corrected chi connectivity index (χ2v) is 9.37. The number of hydrogen-bond donors (Lipinski definition) is 1. The summed E-state index contributed by atoms with van der Waals surface area (Å²) >= 11 is 0. The summed E-state index contributed by atoms with van der Waals surface area (Å²) in [6, 6.07) is 12.9. The molecule has 9 heteroatoms. The van der Waals surface area contributed by atoms with Crippen molar-refractivity contribution in [2.45, 2.75) is 44.9 Å². The van der Waals surface area contributed by atoms with Crippen LogP contribution in [0, 0.1) is 10.1 Å². The molecule has 182 valence electrons. The lowest BCUT2D eigenvalue weighted by Crippen LogP contribution is -2.63. The van der Waals surface area contributed by atoms with E-state index in [0.717, 1.165) is 22.2 Å². The number of nitro groups is 1. The predicted octanol–water partition coefficient (Wildman–Crippen LogP) is 3.58. The average molecular weight is 477 g/mol. The van der Waals surface area contributed by atoms with Gasteiger partial charge in [-0.3, -0.25) is 19.7 Å². The maximum Gasteiger partial charge on any atom is 0.269 e. The molecule has 35 heavy (non-hydrogen) atoms. The first kappa shape index (κ1) is 23.0. The van der Waals surface area contributed by atoms with Crippen molar-refractivity contribution in [3.05, 3.63) is 75.5 Å². The number of ether oxygens (including phenoxy) is 1. The SMILES string of the molecule is CC(C)OCCCN1CC(=O)N2[C@H](c3cccc([N+](=O)[O-])c3)c3[nH]c4ccccc4c3C[C@@H]2C1=O. The van der Waals surface area contributed by atoms with Crippen molar-refractivity contribution in [2.24, 2.45) is 0 Å². The number of aromatic amines is 1. The minimum atomic E-state index is -0.668. The van der Waals surface area contributed by atoms with Gasteiger partial charge < -0.3 is 19.5 Å². The van der Waals surface area contributed by atoms with Crippen LogP contribution in [0.2, 0.25) is 0 Å². The standard InChI is InChI=1S/C26H28N4O5/c1-16(2)35-12-6-11-28-15-23(31)29-22(26(28)32)14-20-19-9-3-4-10-21(19)27-24(20)25(29)17-7-5-8-18(13-17)30(33)34/h3-5,7-10,13,16,22,25,27H,6,11-12,14-15H2,1-2H3/t22-,25-/m1/s1. The van der Waals surface area contributed by atoms with E-state index in [2.05, 4.69) is 4.98 Å². The third-order valence-electron chi connectivity index (χ3n) is 6.76. The lowest BCUT2D eigenvalue weighted by Gasteiger charge is -2.47. The highest BCUT2D eigenvalue weighted by Gasteiger charge is 2.48. The third kappa shape index (κ3) is 4.16.